The fourth-order valence-corrected chi connectivity index (χ4v) is 4.08. The molecule has 1 amide bonds. The number of amides is 1. The molecule has 192 valence electrons. The average molecular weight is 513 g/mol. The molecule has 1 aliphatic rings. The third-order valence-electron chi connectivity index (χ3n) is 6.05. The predicted molar refractivity (Wildman–Crippen MR) is 133 cm³/mol. The molecule has 0 bridgehead atoms. The molecule has 7 nitrogen and oxygen atoms in total. The molecule has 1 aromatic heterocycles. The molecule has 3 aromatic rings. The van der Waals surface area contributed by atoms with E-state index >= 15 is 0 Å². The van der Waals surface area contributed by atoms with Gasteiger partial charge in [-0.3, -0.25) is 4.79 Å². The van der Waals surface area contributed by atoms with Gasteiger partial charge >= 0.3 is 6.18 Å². The van der Waals surface area contributed by atoms with Gasteiger partial charge in [-0.1, -0.05) is 11.8 Å². The number of likely N-dealkylation sites (tertiary alicyclic amines) is 1. The number of hydrogen-bond acceptors (Lipinski definition) is 6. The maximum absolute atomic E-state index is 14.3. The normalized spacial score (nSPS) is 15.7. The summed E-state index contributed by atoms with van der Waals surface area (Å²) in [7, 11) is 3.74. The zero-order chi connectivity index (χ0) is 26.7. The topological polar surface area (TPSA) is 87.4 Å². The summed E-state index contributed by atoms with van der Waals surface area (Å²) >= 11 is 0. The molecule has 1 atom stereocenters. The van der Waals surface area contributed by atoms with Gasteiger partial charge in [-0.25, -0.2) is 14.4 Å². The molecule has 1 fully saturated rings. The van der Waals surface area contributed by atoms with Gasteiger partial charge in [-0.2, -0.15) is 13.2 Å². The van der Waals surface area contributed by atoms with Crippen LogP contribution in [0.1, 0.15) is 33.5 Å². The van der Waals surface area contributed by atoms with E-state index in [0.717, 1.165) is 43.8 Å². The minimum absolute atomic E-state index is 0.0206. The molecular formula is C26H24F4N6O. The summed E-state index contributed by atoms with van der Waals surface area (Å²) < 4.78 is 54.7. The van der Waals surface area contributed by atoms with E-state index in [9.17, 15) is 22.4 Å². The van der Waals surface area contributed by atoms with Gasteiger partial charge < -0.3 is 20.9 Å². The molecule has 37 heavy (non-hydrogen) atoms. The van der Waals surface area contributed by atoms with Crippen molar-refractivity contribution in [3.05, 3.63) is 76.9 Å². The van der Waals surface area contributed by atoms with Gasteiger partial charge in [0.2, 0.25) is 5.95 Å². The summed E-state index contributed by atoms with van der Waals surface area (Å²) in [6.45, 7) is 1.59. The lowest BCUT2D eigenvalue weighted by Crippen LogP contribution is -2.34. The highest BCUT2D eigenvalue weighted by molar-refractivity contribution is 6.06. The monoisotopic (exact) mass is 512 g/mol. The Kier molecular flexibility index (Phi) is 7.31. The van der Waals surface area contributed by atoms with Crippen LogP contribution in [0.3, 0.4) is 0 Å². The molecule has 3 N–H and O–H groups in total. The summed E-state index contributed by atoms with van der Waals surface area (Å²) in [5.41, 5.74) is 5.48. The highest BCUT2D eigenvalue weighted by Crippen LogP contribution is 2.36. The van der Waals surface area contributed by atoms with Crippen LogP contribution in [0, 0.1) is 17.7 Å². The van der Waals surface area contributed by atoms with Gasteiger partial charge in [0.15, 0.2) is 0 Å². The van der Waals surface area contributed by atoms with Gasteiger partial charge in [0.05, 0.1) is 22.5 Å². The Bertz CT molecular complexity index is 1360. The summed E-state index contributed by atoms with van der Waals surface area (Å²) in [4.78, 5) is 24.7. The zero-order valence-electron chi connectivity index (χ0n) is 20.1. The predicted octanol–water partition coefficient (Wildman–Crippen LogP) is 4.01. The van der Waals surface area contributed by atoms with Crippen molar-refractivity contribution < 1.29 is 22.4 Å². The Morgan fingerprint density at radius 3 is 2.49 bits per heavy atom. The van der Waals surface area contributed by atoms with Gasteiger partial charge in [-0.05, 0) is 56.4 Å². The van der Waals surface area contributed by atoms with Crippen molar-refractivity contribution in [1.29, 1.82) is 0 Å². The van der Waals surface area contributed by atoms with E-state index in [-0.39, 0.29) is 28.8 Å². The third kappa shape index (κ3) is 6.34. The maximum atomic E-state index is 14.3. The lowest BCUT2D eigenvalue weighted by molar-refractivity contribution is -0.137. The number of carbonyl (C=O) groups is 1. The number of alkyl halides is 3. The van der Waals surface area contributed by atoms with Crippen molar-refractivity contribution in [3.8, 4) is 11.8 Å². The van der Waals surface area contributed by atoms with E-state index in [1.165, 1.54) is 24.5 Å². The molecular weight excluding hydrogens is 488 g/mol. The Balaban J connectivity index is 1.64. The van der Waals surface area contributed by atoms with Crippen LogP contribution >= 0.6 is 0 Å². The first-order chi connectivity index (χ1) is 17.5. The molecule has 1 saturated heterocycles. The van der Waals surface area contributed by atoms with Crippen LogP contribution in [-0.2, 0) is 6.18 Å². The number of hydrogen-bond donors (Lipinski definition) is 2. The number of nitrogen functional groups attached to an aromatic ring is 1. The number of rotatable bonds is 4. The van der Waals surface area contributed by atoms with Gasteiger partial charge in [0.1, 0.15) is 5.82 Å². The zero-order valence-corrected chi connectivity index (χ0v) is 20.1. The van der Waals surface area contributed by atoms with Gasteiger partial charge in [-0.15, -0.1) is 0 Å². The molecule has 0 spiro atoms. The second-order valence-corrected chi connectivity index (χ2v) is 8.81. The van der Waals surface area contributed by atoms with Gasteiger partial charge in [0, 0.05) is 43.2 Å². The first-order valence-electron chi connectivity index (χ1n) is 11.3. The maximum Gasteiger partial charge on any atom is 0.416 e. The lowest BCUT2D eigenvalue weighted by Gasteiger charge is -2.29. The number of anilines is 3. The minimum Gasteiger partial charge on any atom is -0.369 e. The van der Waals surface area contributed by atoms with Crippen LogP contribution in [0.15, 0.2) is 48.8 Å². The molecule has 11 heteroatoms. The van der Waals surface area contributed by atoms with Crippen molar-refractivity contribution in [1.82, 2.24) is 14.9 Å². The smallest absolute Gasteiger partial charge is 0.369 e. The van der Waals surface area contributed by atoms with Crippen LogP contribution in [0.4, 0.5) is 34.9 Å². The summed E-state index contributed by atoms with van der Waals surface area (Å²) in [6, 6.07) is 6.77. The number of nitrogens with one attached hydrogen (secondary N) is 1. The van der Waals surface area contributed by atoms with E-state index in [0.29, 0.717) is 11.3 Å². The van der Waals surface area contributed by atoms with Crippen molar-refractivity contribution >= 4 is 23.2 Å². The molecule has 0 unspecified atom stereocenters. The fraction of sp³-hybridized carbons (Fsp3) is 0.269. The molecule has 0 radical (unpaired) electrons. The van der Waals surface area contributed by atoms with Crippen LogP contribution in [-0.4, -0.2) is 54.0 Å². The van der Waals surface area contributed by atoms with Crippen LogP contribution < -0.4 is 16.0 Å². The van der Waals surface area contributed by atoms with Crippen molar-refractivity contribution in [2.45, 2.75) is 18.6 Å². The van der Waals surface area contributed by atoms with Crippen LogP contribution in [0.5, 0.6) is 0 Å². The quantitative estimate of drug-likeness (QED) is 0.406. The summed E-state index contributed by atoms with van der Waals surface area (Å²) in [5.74, 6) is 4.07. The van der Waals surface area contributed by atoms with E-state index < -0.39 is 23.5 Å². The standard InChI is InChI=1S/C26H24F4N6O/c1-35-8-7-21(15-35)36(2)23-6-5-19(26(28,29)30)12-22(23)34-24(37)18-9-16(10-20(27)11-18)3-4-17-13-32-25(31)33-14-17/h5-6,9-14,21H,7-8,15H2,1-2H3,(H,34,37)(H2,31,32,33)/t21-/m1/s1. The average Bonchev–Trinajstić information content (AvgIpc) is 3.28. The number of aromatic nitrogens is 2. The third-order valence-corrected chi connectivity index (χ3v) is 6.05. The molecule has 0 aliphatic carbocycles. The Morgan fingerprint density at radius 2 is 1.84 bits per heavy atom. The lowest BCUT2D eigenvalue weighted by atomic mass is 10.1. The second-order valence-electron chi connectivity index (χ2n) is 8.81. The first-order valence-corrected chi connectivity index (χ1v) is 11.3. The fourth-order valence-electron chi connectivity index (χ4n) is 4.08. The number of nitrogens with zero attached hydrogens (tertiary/aromatic N) is 4. The summed E-state index contributed by atoms with van der Waals surface area (Å²) in [5, 5.41) is 2.55. The second kappa shape index (κ2) is 10.4. The highest BCUT2D eigenvalue weighted by Gasteiger charge is 2.32. The van der Waals surface area contributed by atoms with Crippen molar-refractivity contribution in [2.75, 3.05) is 43.1 Å². The molecule has 0 saturated carbocycles. The molecule has 2 aromatic carbocycles. The van der Waals surface area contributed by atoms with Crippen LogP contribution in [0.2, 0.25) is 0 Å². The molecule has 1 aliphatic heterocycles. The van der Waals surface area contributed by atoms with E-state index in [1.807, 2.05) is 11.9 Å². The van der Waals surface area contributed by atoms with E-state index in [1.54, 1.807) is 7.05 Å². The van der Waals surface area contributed by atoms with Gasteiger partial charge in [0.25, 0.3) is 5.91 Å². The number of nitrogens with two attached hydrogens (primary N) is 1. The van der Waals surface area contributed by atoms with Crippen molar-refractivity contribution in [2.24, 2.45) is 0 Å². The Labute approximate surface area is 211 Å². The molecule has 4 rings (SSSR count). The minimum atomic E-state index is -4.60. The number of likely N-dealkylation sites (N-methyl/N-ethyl adjacent to an activating group) is 2. The number of carbonyl (C=O) groups excluding carboxylic acids is 1. The largest absolute Gasteiger partial charge is 0.416 e. The molecule has 2 heterocycles. The number of halogens is 4. The first kappa shape index (κ1) is 25.9. The van der Waals surface area contributed by atoms with E-state index in [2.05, 4.69) is 32.0 Å². The highest BCUT2D eigenvalue weighted by atomic mass is 19.4. The van der Waals surface area contributed by atoms with E-state index in [4.69, 9.17) is 5.73 Å². The Morgan fingerprint density at radius 1 is 1.14 bits per heavy atom. The van der Waals surface area contributed by atoms with Crippen LogP contribution in [0.25, 0.3) is 0 Å². The summed E-state index contributed by atoms with van der Waals surface area (Å²) in [6.07, 6.45) is -0.976. The number of benzene rings is 2. The van der Waals surface area contributed by atoms with Crippen molar-refractivity contribution in [3.63, 3.8) is 0 Å². The SMILES string of the molecule is CN1CC[C@@H](N(C)c2ccc(C(F)(F)F)cc2NC(=O)c2cc(F)cc(C#Cc3cnc(N)nc3)c2)C1. The Hall–Kier alpha value is -4.17.